The van der Waals surface area contributed by atoms with Gasteiger partial charge in [0.2, 0.25) is 0 Å². The summed E-state index contributed by atoms with van der Waals surface area (Å²) in [5.74, 6) is -0.221. The summed E-state index contributed by atoms with van der Waals surface area (Å²) < 4.78 is 6.95. The van der Waals surface area contributed by atoms with Gasteiger partial charge in [0.1, 0.15) is 11.6 Å². The summed E-state index contributed by atoms with van der Waals surface area (Å²) >= 11 is 0. The number of fused-ring (bicyclic) bond motifs is 1. The molecule has 8 nitrogen and oxygen atoms in total. The number of rotatable bonds is 6. The lowest BCUT2D eigenvalue weighted by Gasteiger charge is -2.11. The molecule has 8 heteroatoms. The Morgan fingerprint density at radius 1 is 0.970 bits per heavy atom. The molecule has 0 radical (unpaired) electrons. The topological polar surface area (TPSA) is 97.4 Å². The van der Waals surface area contributed by atoms with Gasteiger partial charge in [0, 0.05) is 11.6 Å². The van der Waals surface area contributed by atoms with Gasteiger partial charge in [0.05, 0.1) is 36.7 Å². The maximum atomic E-state index is 12.9. The summed E-state index contributed by atoms with van der Waals surface area (Å²) in [5.41, 5.74) is 2.95. The third-order valence-corrected chi connectivity index (χ3v) is 5.50. The molecule has 1 aliphatic heterocycles. The van der Waals surface area contributed by atoms with Crippen LogP contribution in [-0.4, -0.2) is 32.4 Å². The number of anilines is 1. The van der Waals surface area contributed by atoms with Gasteiger partial charge >= 0.3 is 0 Å². The smallest absolute Gasteiger partial charge is 0.261 e. The summed E-state index contributed by atoms with van der Waals surface area (Å²) in [6.07, 6.45) is 3.10. The van der Waals surface area contributed by atoms with Crippen LogP contribution in [0.25, 0.3) is 0 Å². The number of nitrogens with one attached hydrogen (secondary N) is 1. The second kappa shape index (κ2) is 8.23. The zero-order valence-corrected chi connectivity index (χ0v) is 17.8. The molecule has 2 aromatic heterocycles. The predicted molar refractivity (Wildman–Crippen MR) is 120 cm³/mol. The number of hydrogen-bond acceptors (Lipinski definition) is 5. The van der Waals surface area contributed by atoms with Crippen molar-refractivity contribution in [2.45, 2.75) is 20.0 Å². The molecule has 0 atom stereocenters. The highest BCUT2D eigenvalue weighted by Gasteiger charge is 2.36. The van der Waals surface area contributed by atoms with Gasteiger partial charge in [-0.25, -0.2) is 4.68 Å². The fourth-order valence-corrected chi connectivity index (χ4v) is 3.87. The molecule has 0 fully saturated rings. The van der Waals surface area contributed by atoms with Crippen LogP contribution >= 0.6 is 0 Å². The van der Waals surface area contributed by atoms with E-state index in [9.17, 15) is 14.4 Å². The van der Waals surface area contributed by atoms with Crippen molar-refractivity contribution in [3.63, 3.8) is 0 Å². The zero-order valence-electron chi connectivity index (χ0n) is 17.8. The van der Waals surface area contributed by atoms with Crippen molar-refractivity contribution >= 4 is 23.5 Å². The molecule has 1 aliphatic rings. The van der Waals surface area contributed by atoms with Crippen molar-refractivity contribution in [2.24, 2.45) is 0 Å². The Balaban J connectivity index is 1.34. The Hall–Kier alpha value is -4.46. The summed E-state index contributed by atoms with van der Waals surface area (Å²) in [5, 5.41) is 7.14. The number of imide groups is 1. The van der Waals surface area contributed by atoms with E-state index in [-0.39, 0.29) is 23.2 Å². The van der Waals surface area contributed by atoms with Crippen LogP contribution in [0.5, 0.6) is 0 Å². The van der Waals surface area contributed by atoms with Gasteiger partial charge in [-0.3, -0.25) is 19.3 Å². The SMILES string of the molecule is Cc1cccc(Cn2nccc2NC(=O)c2ccc3c(c2)C(=O)N(Cc2ccco2)C3=O)c1. The molecule has 2 aromatic carbocycles. The number of hydrogen-bond donors (Lipinski definition) is 1. The van der Waals surface area contributed by atoms with Crippen LogP contribution in [-0.2, 0) is 13.1 Å². The Kier molecular flexibility index (Phi) is 5.10. The van der Waals surface area contributed by atoms with E-state index < -0.39 is 17.7 Å². The lowest BCUT2D eigenvalue weighted by molar-refractivity contribution is 0.0631. The Labute approximate surface area is 189 Å². The molecule has 3 heterocycles. The molecule has 1 N–H and O–H groups in total. The van der Waals surface area contributed by atoms with Crippen molar-refractivity contribution in [1.29, 1.82) is 0 Å². The van der Waals surface area contributed by atoms with Crippen LogP contribution in [0.1, 0.15) is 48.0 Å². The monoisotopic (exact) mass is 440 g/mol. The van der Waals surface area contributed by atoms with Gasteiger partial charge in [-0.15, -0.1) is 0 Å². The van der Waals surface area contributed by atoms with Gasteiger partial charge in [0.25, 0.3) is 17.7 Å². The number of nitrogens with zero attached hydrogens (tertiary/aromatic N) is 3. The molecule has 0 saturated heterocycles. The van der Waals surface area contributed by atoms with Crippen LogP contribution in [0.15, 0.2) is 77.5 Å². The minimum Gasteiger partial charge on any atom is -0.467 e. The van der Waals surface area contributed by atoms with Gasteiger partial charge in [-0.1, -0.05) is 29.8 Å². The molecule has 4 aromatic rings. The fourth-order valence-electron chi connectivity index (χ4n) is 3.87. The maximum absolute atomic E-state index is 12.9. The average molecular weight is 440 g/mol. The Bertz CT molecular complexity index is 1370. The zero-order chi connectivity index (χ0) is 22.9. The van der Waals surface area contributed by atoms with E-state index in [0.29, 0.717) is 18.1 Å². The number of amides is 3. The first-order valence-corrected chi connectivity index (χ1v) is 10.4. The van der Waals surface area contributed by atoms with Crippen molar-refractivity contribution < 1.29 is 18.8 Å². The van der Waals surface area contributed by atoms with E-state index in [1.54, 1.807) is 29.1 Å². The van der Waals surface area contributed by atoms with Gasteiger partial charge < -0.3 is 9.73 Å². The standard InChI is InChI=1S/C25H20N4O4/c1-16-4-2-5-17(12-16)14-29-22(9-10-26-29)27-23(30)18-7-8-20-21(13-18)25(32)28(24(20)31)15-19-6-3-11-33-19/h2-13H,14-15H2,1H3,(H,27,30). The van der Waals surface area contributed by atoms with E-state index in [1.165, 1.54) is 24.5 Å². The summed E-state index contributed by atoms with van der Waals surface area (Å²) in [6.45, 7) is 2.56. The highest BCUT2D eigenvalue weighted by Crippen LogP contribution is 2.26. The van der Waals surface area contributed by atoms with E-state index in [2.05, 4.69) is 16.5 Å². The number of benzene rings is 2. The van der Waals surface area contributed by atoms with E-state index in [1.807, 2.05) is 25.1 Å². The number of carbonyl (C=O) groups is 3. The third-order valence-electron chi connectivity index (χ3n) is 5.50. The van der Waals surface area contributed by atoms with Crippen molar-refractivity contribution in [2.75, 3.05) is 5.32 Å². The number of carbonyl (C=O) groups excluding carboxylic acids is 3. The van der Waals surface area contributed by atoms with Gasteiger partial charge in [0.15, 0.2) is 0 Å². The molecular weight excluding hydrogens is 420 g/mol. The lowest BCUT2D eigenvalue weighted by Crippen LogP contribution is -2.28. The van der Waals surface area contributed by atoms with Crippen molar-refractivity contribution in [3.8, 4) is 0 Å². The maximum Gasteiger partial charge on any atom is 0.261 e. The van der Waals surface area contributed by atoms with E-state index in [4.69, 9.17) is 4.42 Å². The van der Waals surface area contributed by atoms with Crippen LogP contribution in [0, 0.1) is 6.92 Å². The first-order valence-electron chi connectivity index (χ1n) is 10.4. The number of aryl methyl sites for hydroxylation is 1. The van der Waals surface area contributed by atoms with Gasteiger partial charge in [-0.05, 0) is 42.8 Å². The minimum atomic E-state index is -0.453. The van der Waals surface area contributed by atoms with Crippen molar-refractivity contribution in [1.82, 2.24) is 14.7 Å². The molecule has 0 spiro atoms. The van der Waals surface area contributed by atoms with Gasteiger partial charge in [-0.2, -0.15) is 5.10 Å². The normalized spacial score (nSPS) is 12.8. The van der Waals surface area contributed by atoms with Crippen LogP contribution in [0.2, 0.25) is 0 Å². The molecule has 33 heavy (non-hydrogen) atoms. The highest BCUT2D eigenvalue weighted by molar-refractivity contribution is 6.22. The molecule has 5 rings (SSSR count). The quantitative estimate of drug-likeness (QED) is 0.459. The fraction of sp³-hybridized carbons (Fsp3) is 0.120. The largest absolute Gasteiger partial charge is 0.467 e. The second-order valence-electron chi connectivity index (χ2n) is 7.85. The second-order valence-corrected chi connectivity index (χ2v) is 7.85. The third kappa shape index (κ3) is 3.94. The lowest BCUT2D eigenvalue weighted by atomic mass is 10.1. The highest BCUT2D eigenvalue weighted by atomic mass is 16.3. The van der Waals surface area contributed by atoms with Crippen LogP contribution in [0.4, 0.5) is 5.82 Å². The first-order chi connectivity index (χ1) is 16.0. The Morgan fingerprint density at radius 3 is 2.61 bits per heavy atom. The van der Waals surface area contributed by atoms with E-state index in [0.717, 1.165) is 16.0 Å². The number of furan rings is 1. The van der Waals surface area contributed by atoms with Crippen LogP contribution < -0.4 is 5.32 Å². The predicted octanol–water partition coefficient (Wildman–Crippen LogP) is 3.88. The summed E-state index contributed by atoms with van der Waals surface area (Å²) in [7, 11) is 0. The van der Waals surface area contributed by atoms with E-state index >= 15 is 0 Å². The number of aromatic nitrogens is 2. The summed E-state index contributed by atoms with van der Waals surface area (Å²) in [6, 6.07) is 17.7. The molecule has 0 bridgehead atoms. The molecule has 3 amide bonds. The minimum absolute atomic E-state index is 0.0407. The molecule has 164 valence electrons. The molecule has 0 aliphatic carbocycles. The van der Waals surface area contributed by atoms with Crippen LogP contribution in [0.3, 0.4) is 0 Å². The van der Waals surface area contributed by atoms with Crippen molar-refractivity contribution in [3.05, 3.63) is 107 Å². The molecule has 0 saturated carbocycles. The first kappa shape index (κ1) is 20.4. The molecule has 0 unspecified atom stereocenters. The summed E-state index contributed by atoms with van der Waals surface area (Å²) in [4.78, 5) is 39.5. The molecular formula is C25H20N4O4. The Morgan fingerprint density at radius 2 is 1.82 bits per heavy atom. The average Bonchev–Trinajstić information content (AvgIpc) is 3.53.